The van der Waals surface area contributed by atoms with E-state index in [0.29, 0.717) is 11.4 Å². The molecule has 0 amide bonds. The first kappa shape index (κ1) is 18.9. The summed E-state index contributed by atoms with van der Waals surface area (Å²) in [5.41, 5.74) is 3.28. The molecule has 3 aromatic carbocycles. The topological polar surface area (TPSA) is 83.3 Å². The first-order valence-electron chi connectivity index (χ1n) is 8.94. The first-order valence-corrected chi connectivity index (χ1v) is 10.4. The number of rotatable bonds is 5. The molecule has 6 nitrogen and oxygen atoms in total. The normalized spacial score (nSPS) is 11.4. The van der Waals surface area contributed by atoms with E-state index in [0.717, 1.165) is 17.0 Å². The minimum atomic E-state index is -4.51. The lowest BCUT2D eigenvalue weighted by Crippen LogP contribution is -2.35. The quantitative estimate of drug-likeness (QED) is 0.382. The van der Waals surface area contributed by atoms with Crippen LogP contribution in [-0.4, -0.2) is 18.1 Å². The largest absolute Gasteiger partial charge is 0.456 e. The molecule has 0 atom stereocenters. The molecule has 1 heterocycles. The van der Waals surface area contributed by atoms with Crippen LogP contribution < -0.4 is 9.42 Å². The lowest BCUT2D eigenvalue weighted by atomic mass is 10.1. The van der Waals surface area contributed by atoms with E-state index in [4.69, 9.17) is 4.74 Å². The van der Waals surface area contributed by atoms with Gasteiger partial charge in [0.15, 0.2) is 0 Å². The smallest absolute Gasteiger partial charge is 0.298 e. The fourth-order valence-electron chi connectivity index (χ4n) is 3.10. The van der Waals surface area contributed by atoms with Crippen molar-refractivity contribution >= 4 is 10.1 Å². The van der Waals surface area contributed by atoms with Crippen LogP contribution in [0.3, 0.4) is 0 Å². The summed E-state index contributed by atoms with van der Waals surface area (Å²) in [6, 6.07) is 25.1. The lowest BCUT2D eigenvalue weighted by molar-refractivity contribution is -0.645. The van der Waals surface area contributed by atoms with Crippen molar-refractivity contribution in [2.45, 2.75) is 11.8 Å². The van der Waals surface area contributed by atoms with Gasteiger partial charge in [0.2, 0.25) is 11.4 Å². The van der Waals surface area contributed by atoms with Crippen LogP contribution in [0, 0.1) is 6.92 Å². The van der Waals surface area contributed by atoms with Gasteiger partial charge in [-0.15, -0.1) is 0 Å². The van der Waals surface area contributed by atoms with Gasteiger partial charge in [-0.3, -0.25) is 4.55 Å². The minimum Gasteiger partial charge on any atom is -0.456 e. The molecule has 0 radical (unpaired) electrons. The van der Waals surface area contributed by atoms with Crippen LogP contribution in [0.15, 0.2) is 89.8 Å². The molecule has 2 N–H and O–H groups in total. The molecule has 1 aromatic heterocycles. The first-order chi connectivity index (χ1) is 13.9. The monoisotopic (exact) mass is 407 g/mol. The molecular formula is C22H19N2O4S+. The highest BCUT2D eigenvalue weighted by Gasteiger charge is 2.25. The van der Waals surface area contributed by atoms with Gasteiger partial charge < -0.3 is 4.74 Å². The zero-order chi connectivity index (χ0) is 20.4. The molecule has 0 unspecified atom stereocenters. The van der Waals surface area contributed by atoms with E-state index in [1.165, 1.54) is 12.1 Å². The van der Waals surface area contributed by atoms with E-state index in [1.807, 2.05) is 49.4 Å². The Morgan fingerprint density at radius 3 is 2.21 bits per heavy atom. The third-order valence-electron chi connectivity index (χ3n) is 4.39. The number of para-hydroxylation sites is 1. The van der Waals surface area contributed by atoms with Gasteiger partial charge in [-0.05, 0) is 37.3 Å². The average molecular weight is 407 g/mol. The van der Waals surface area contributed by atoms with Gasteiger partial charge in [0, 0.05) is 23.8 Å². The standard InChI is InChI=1S/C22H18N2O4S/c1-16-14-20(17-8-4-2-5-9-17)24(23-16)18-12-13-21(22(15-18)29(25,26)27)28-19-10-6-3-7-11-19/h2-15H,1H3,(H,25,26,27)/p+1. The number of hydrogen-bond donors (Lipinski definition) is 2. The summed E-state index contributed by atoms with van der Waals surface area (Å²) in [5, 5.41) is 3.21. The number of aromatic amines is 1. The molecule has 0 aliphatic heterocycles. The number of aromatic nitrogens is 2. The number of H-pyrrole nitrogens is 1. The molecule has 146 valence electrons. The maximum absolute atomic E-state index is 12.0. The Hall–Kier alpha value is -3.42. The van der Waals surface area contributed by atoms with Crippen LogP contribution in [0.25, 0.3) is 16.9 Å². The average Bonchev–Trinajstić information content (AvgIpc) is 3.11. The number of aryl methyl sites for hydroxylation is 1. The second-order valence-corrected chi connectivity index (χ2v) is 7.94. The Bertz CT molecular complexity index is 1250. The summed E-state index contributed by atoms with van der Waals surface area (Å²) in [7, 11) is -4.51. The third-order valence-corrected chi connectivity index (χ3v) is 5.26. The van der Waals surface area contributed by atoms with Crippen LogP contribution in [0.5, 0.6) is 11.5 Å². The maximum Gasteiger partial charge on any atom is 0.298 e. The Kier molecular flexibility index (Phi) is 4.92. The summed E-state index contributed by atoms with van der Waals surface area (Å²) in [4.78, 5) is -0.308. The second-order valence-electron chi connectivity index (χ2n) is 6.55. The molecule has 0 aliphatic carbocycles. The summed E-state index contributed by atoms with van der Waals surface area (Å²) in [5.74, 6) is 0.520. The van der Waals surface area contributed by atoms with E-state index < -0.39 is 10.1 Å². The SMILES string of the molecule is Cc1cc(-c2ccccc2)[n+](-c2ccc(Oc3ccccc3)c(S(=O)(=O)O)c2)[nH]1. The van der Waals surface area contributed by atoms with Crippen LogP contribution in [0.2, 0.25) is 0 Å². The van der Waals surface area contributed by atoms with E-state index in [-0.39, 0.29) is 10.6 Å². The second kappa shape index (κ2) is 7.54. The van der Waals surface area contributed by atoms with Crippen molar-refractivity contribution in [3.05, 3.63) is 90.6 Å². The fourth-order valence-corrected chi connectivity index (χ4v) is 3.73. The Balaban J connectivity index is 1.83. The lowest BCUT2D eigenvalue weighted by Gasteiger charge is -2.09. The van der Waals surface area contributed by atoms with Crippen molar-refractivity contribution in [3.63, 3.8) is 0 Å². The van der Waals surface area contributed by atoms with Gasteiger partial charge in [0.1, 0.15) is 16.4 Å². The molecule has 4 rings (SSSR count). The predicted molar refractivity (Wildman–Crippen MR) is 109 cm³/mol. The Morgan fingerprint density at radius 2 is 1.55 bits per heavy atom. The van der Waals surface area contributed by atoms with E-state index in [2.05, 4.69) is 5.10 Å². The summed E-state index contributed by atoms with van der Waals surface area (Å²) in [6.45, 7) is 1.92. The molecule has 7 heteroatoms. The highest BCUT2D eigenvalue weighted by Crippen LogP contribution is 2.30. The van der Waals surface area contributed by atoms with Crippen molar-refractivity contribution in [1.82, 2.24) is 5.10 Å². The number of benzene rings is 3. The van der Waals surface area contributed by atoms with Crippen LogP contribution in [0.1, 0.15) is 5.69 Å². The third kappa shape index (κ3) is 4.06. The zero-order valence-electron chi connectivity index (χ0n) is 15.6. The molecule has 0 fully saturated rings. The Morgan fingerprint density at radius 1 is 0.897 bits per heavy atom. The van der Waals surface area contributed by atoms with E-state index >= 15 is 0 Å². The highest BCUT2D eigenvalue weighted by molar-refractivity contribution is 7.86. The summed E-state index contributed by atoms with van der Waals surface area (Å²) >= 11 is 0. The molecule has 0 spiro atoms. The number of nitrogens with one attached hydrogen (secondary N) is 1. The number of nitrogens with zero attached hydrogens (tertiary/aromatic N) is 1. The summed E-state index contributed by atoms with van der Waals surface area (Å²) in [6.07, 6.45) is 0. The zero-order valence-corrected chi connectivity index (χ0v) is 16.4. The van der Waals surface area contributed by atoms with Crippen molar-refractivity contribution in [1.29, 1.82) is 0 Å². The molecule has 0 saturated heterocycles. The van der Waals surface area contributed by atoms with Gasteiger partial charge >= 0.3 is 0 Å². The van der Waals surface area contributed by atoms with Crippen molar-refractivity contribution in [3.8, 4) is 28.4 Å². The van der Waals surface area contributed by atoms with Gasteiger partial charge in [0.05, 0.1) is 5.69 Å². The highest BCUT2D eigenvalue weighted by atomic mass is 32.2. The van der Waals surface area contributed by atoms with Crippen molar-refractivity contribution < 1.29 is 22.4 Å². The van der Waals surface area contributed by atoms with E-state index in [1.54, 1.807) is 35.0 Å². The maximum atomic E-state index is 12.0. The van der Waals surface area contributed by atoms with Gasteiger partial charge in [-0.25, -0.2) is 0 Å². The van der Waals surface area contributed by atoms with Gasteiger partial charge in [-0.1, -0.05) is 41.1 Å². The predicted octanol–water partition coefficient (Wildman–Crippen LogP) is 4.31. The van der Waals surface area contributed by atoms with Crippen molar-refractivity contribution in [2.75, 3.05) is 0 Å². The van der Waals surface area contributed by atoms with Crippen LogP contribution >= 0.6 is 0 Å². The molecule has 29 heavy (non-hydrogen) atoms. The molecular weight excluding hydrogens is 388 g/mol. The molecule has 0 bridgehead atoms. The fraction of sp³-hybridized carbons (Fsp3) is 0.0455. The van der Waals surface area contributed by atoms with Crippen molar-refractivity contribution in [2.24, 2.45) is 0 Å². The van der Waals surface area contributed by atoms with Crippen LogP contribution in [-0.2, 0) is 10.1 Å². The molecule has 4 aromatic rings. The molecule has 0 aliphatic rings. The Labute approximate surface area is 168 Å². The summed E-state index contributed by atoms with van der Waals surface area (Å²) < 4.78 is 41.3. The van der Waals surface area contributed by atoms with Gasteiger partial charge in [0.25, 0.3) is 10.1 Å². The number of hydrogen-bond acceptors (Lipinski definition) is 3. The van der Waals surface area contributed by atoms with Gasteiger partial charge in [-0.2, -0.15) is 13.5 Å². The van der Waals surface area contributed by atoms with Crippen LogP contribution in [0.4, 0.5) is 0 Å². The molecule has 0 saturated carbocycles. The minimum absolute atomic E-state index is 0.0487. The number of ether oxygens (including phenoxy) is 1. The van der Waals surface area contributed by atoms with E-state index in [9.17, 15) is 13.0 Å².